The first kappa shape index (κ1) is 15.7. The predicted octanol–water partition coefficient (Wildman–Crippen LogP) is 2.36. The lowest BCUT2D eigenvalue weighted by molar-refractivity contribution is 0.0529. The zero-order valence-electron chi connectivity index (χ0n) is 12.9. The Labute approximate surface area is 136 Å². The monoisotopic (exact) mass is 330 g/mol. The summed E-state index contributed by atoms with van der Waals surface area (Å²) in [6.45, 7) is 2.00. The largest absolute Gasteiger partial charge is 0.508 e. The number of fused-ring (bicyclic) bond motifs is 1. The van der Waals surface area contributed by atoms with Crippen molar-refractivity contribution in [3.05, 3.63) is 53.6 Å². The highest BCUT2D eigenvalue weighted by atomic mass is 19.1. The molecule has 1 aromatic carbocycles. The molecule has 2 N–H and O–H groups in total. The minimum absolute atomic E-state index is 0.0523. The molecular formula is C16H15FN4O3. The molecule has 0 fully saturated rings. The van der Waals surface area contributed by atoms with Crippen LogP contribution in [0.2, 0.25) is 0 Å². The van der Waals surface area contributed by atoms with E-state index in [1.54, 1.807) is 25.4 Å². The van der Waals surface area contributed by atoms with Crippen LogP contribution in [0.1, 0.15) is 22.8 Å². The first-order valence-electron chi connectivity index (χ1n) is 7.32. The molecule has 0 aliphatic rings. The molecule has 0 spiro atoms. The molecule has 0 amide bonds. The molecule has 2 heterocycles. The van der Waals surface area contributed by atoms with Crippen molar-refractivity contribution in [2.75, 3.05) is 11.9 Å². The van der Waals surface area contributed by atoms with Crippen molar-refractivity contribution in [3.8, 4) is 5.75 Å². The number of nitrogens with zero attached hydrogens (tertiary/aromatic N) is 3. The molecule has 24 heavy (non-hydrogen) atoms. The number of aromatic hydroxyl groups is 1. The smallest absolute Gasteiger partial charge is 0.345 e. The van der Waals surface area contributed by atoms with Gasteiger partial charge in [0, 0.05) is 24.5 Å². The van der Waals surface area contributed by atoms with Gasteiger partial charge in [-0.05, 0) is 31.2 Å². The van der Waals surface area contributed by atoms with E-state index in [0.29, 0.717) is 11.2 Å². The van der Waals surface area contributed by atoms with Crippen LogP contribution >= 0.6 is 0 Å². The number of hydrogen-bond donors (Lipinski definition) is 2. The van der Waals surface area contributed by atoms with Crippen molar-refractivity contribution in [1.29, 1.82) is 0 Å². The van der Waals surface area contributed by atoms with Gasteiger partial charge in [0.05, 0.1) is 6.61 Å². The van der Waals surface area contributed by atoms with Crippen LogP contribution in [0, 0.1) is 5.82 Å². The number of phenols is 1. The Kier molecular flexibility index (Phi) is 4.28. The molecule has 0 aliphatic heterocycles. The summed E-state index contributed by atoms with van der Waals surface area (Å²) < 4.78 is 19.8. The third-order valence-corrected chi connectivity index (χ3v) is 3.36. The molecule has 0 saturated carbocycles. The van der Waals surface area contributed by atoms with Crippen LogP contribution in [-0.4, -0.2) is 32.3 Å². The highest BCUT2D eigenvalue weighted by Crippen LogP contribution is 2.23. The van der Waals surface area contributed by atoms with Gasteiger partial charge in [0.1, 0.15) is 17.1 Å². The minimum atomic E-state index is -0.558. The average molecular weight is 330 g/mol. The molecule has 124 valence electrons. The number of phenolic OH excluding ortho intramolecular Hbond substituents is 1. The number of halogens is 1. The fraction of sp³-hybridized carbons (Fsp3) is 0.188. The normalized spacial score (nSPS) is 10.8. The molecular weight excluding hydrogens is 315 g/mol. The summed E-state index contributed by atoms with van der Waals surface area (Å²) in [4.78, 5) is 16.4. The fourth-order valence-corrected chi connectivity index (χ4v) is 2.28. The molecule has 0 saturated heterocycles. The number of aromatic nitrogens is 3. The van der Waals surface area contributed by atoms with Crippen molar-refractivity contribution in [1.82, 2.24) is 14.6 Å². The predicted molar refractivity (Wildman–Crippen MR) is 84.3 cm³/mol. The summed E-state index contributed by atoms with van der Waals surface area (Å²) in [6.07, 6.45) is 3.19. The van der Waals surface area contributed by atoms with Gasteiger partial charge in [-0.2, -0.15) is 0 Å². The molecule has 8 heteroatoms. The quantitative estimate of drug-likeness (QED) is 0.698. The number of hydrogen-bond acceptors (Lipinski definition) is 6. The number of esters is 1. The van der Waals surface area contributed by atoms with Crippen molar-refractivity contribution >= 4 is 17.4 Å². The van der Waals surface area contributed by atoms with Crippen LogP contribution in [-0.2, 0) is 11.3 Å². The fourth-order valence-electron chi connectivity index (χ4n) is 2.28. The van der Waals surface area contributed by atoms with Gasteiger partial charge in [0.25, 0.3) is 0 Å². The SMILES string of the molecule is CCOC(=O)c1c(NCc2cc(F)ccc2O)nn2cccnc12. The lowest BCUT2D eigenvalue weighted by Gasteiger charge is -2.07. The van der Waals surface area contributed by atoms with Gasteiger partial charge in [-0.1, -0.05) is 0 Å². The van der Waals surface area contributed by atoms with Gasteiger partial charge >= 0.3 is 5.97 Å². The molecule has 3 rings (SSSR count). The lowest BCUT2D eigenvalue weighted by atomic mass is 10.2. The summed E-state index contributed by atoms with van der Waals surface area (Å²) >= 11 is 0. The number of carbonyl (C=O) groups excluding carboxylic acids is 1. The van der Waals surface area contributed by atoms with E-state index >= 15 is 0 Å². The Bertz CT molecular complexity index is 894. The van der Waals surface area contributed by atoms with E-state index < -0.39 is 11.8 Å². The number of anilines is 1. The van der Waals surface area contributed by atoms with E-state index in [1.165, 1.54) is 16.6 Å². The summed E-state index contributed by atoms with van der Waals surface area (Å²) in [5, 5.41) is 17.0. The first-order valence-corrected chi connectivity index (χ1v) is 7.32. The number of benzene rings is 1. The summed E-state index contributed by atoms with van der Waals surface area (Å²) in [6, 6.07) is 5.32. The van der Waals surface area contributed by atoms with Gasteiger partial charge in [0.15, 0.2) is 11.5 Å². The van der Waals surface area contributed by atoms with Crippen LogP contribution < -0.4 is 5.32 Å². The standard InChI is InChI=1S/C16H15FN4O3/c1-2-24-16(23)13-14(20-21-7-3-6-18-15(13)21)19-9-10-8-11(17)4-5-12(10)22/h3-8,22H,2,9H2,1H3,(H,19,20). The van der Waals surface area contributed by atoms with Gasteiger partial charge in [0.2, 0.25) is 0 Å². The molecule has 0 aliphatic carbocycles. The van der Waals surface area contributed by atoms with Gasteiger partial charge in [-0.3, -0.25) is 0 Å². The van der Waals surface area contributed by atoms with E-state index in [0.717, 1.165) is 6.07 Å². The van der Waals surface area contributed by atoms with Crippen LogP contribution in [0.3, 0.4) is 0 Å². The number of nitrogens with one attached hydrogen (secondary N) is 1. The second-order valence-corrected chi connectivity index (χ2v) is 4.96. The molecule has 0 bridgehead atoms. The zero-order chi connectivity index (χ0) is 17.1. The second kappa shape index (κ2) is 6.53. The van der Waals surface area contributed by atoms with E-state index in [1.807, 2.05) is 0 Å². The van der Waals surface area contributed by atoms with Crippen molar-refractivity contribution in [3.63, 3.8) is 0 Å². The summed E-state index contributed by atoms with van der Waals surface area (Å²) in [5.74, 6) is -0.830. The van der Waals surface area contributed by atoms with Gasteiger partial charge in [-0.15, -0.1) is 5.10 Å². The van der Waals surface area contributed by atoms with E-state index in [2.05, 4.69) is 15.4 Å². The Morgan fingerprint density at radius 2 is 2.29 bits per heavy atom. The van der Waals surface area contributed by atoms with Crippen molar-refractivity contribution in [2.24, 2.45) is 0 Å². The number of ether oxygens (including phenoxy) is 1. The third-order valence-electron chi connectivity index (χ3n) is 3.36. The third kappa shape index (κ3) is 2.98. The number of carbonyl (C=O) groups is 1. The first-order chi connectivity index (χ1) is 11.6. The lowest BCUT2D eigenvalue weighted by Crippen LogP contribution is -2.09. The Morgan fingerprint density at radius 3 is 3.08 bits per heavy atom. The molecule has 7 nitrogen and oxygen atoms in total. The minimum Gasteiger partial charge on any atom is -0.508 e. The van der Waals surface area contributed by atoms with Gasteiger partial charge in [-0.25, -0.2) is 18.7 Å². The Hall–Kier alpha value is -3.16. The van der Waals surface area contributed by atoms with Crippen LogP contribution in [0.25, 0.3) is 5.65 Å². The maximum absolute atomic E-state index is 13.3. The second-order valence-electron chi connectivity index (χ2n) is 4.96. The maximum Gasteiger partial charge on any atom is 0.345 e. The maximum atomic E-state index is 13.3. The molecule has 3 aromatic rings. The Balaban J connectivity index is 1.95. The van der Waals surface area contributed by atoms with Gasteiger partial charge < -0.3 is 15.2 Å². The van der Waals surface area contributed by atoms with Crippen LogP contribution in [0.5, 0.6) is 5.75 Å². The topological polar surface area (TPSA) is 88.8 Å². The van der Waals surface area contributed by atoms with E-state index in [9.17, 15) is 14.3 Å². The molecule has 0 unspecified atom stereocenters. The average Bonchev–Trinajstić information content (AvgIpc) is 2.94. The van der Waals surface area contributed by atoms with Crippen LogP contribution in [0.15, 0.2) is 36.7 Å². The zero-order valence-corrected chi connectivity index (χ0v) is 12.9. The molecule has 0 atom stereocenters. The van der Waals surface area contributed by atoms with E-state index in [-0.39, 0.29) is 30.3 Å². The number of rotatable bonds is 5. The highest BCUT2D eigenvalue weighted by Gasteiger charge is 2.22. The van der Waals surface area contributed by atoms with Crippen molar-refractivity contribution in [2.45, 2.75) is 13.5 Å². The molecule has 0 radical (unpaired) electrons. The van der Waals surface area contributed by atoms with Crippen LogP contribution in [0.4, 0.5) is 10.2 Å². The van der Waals surface area contributed by atoms with Crippen molar-refractivity contribution < 1.29 is 19.0 Å². The van der Waals surface area contributed by atoms with E-state index in [4.69, 9.17) is 4.74 Å². The Morgan fingerprint density at radius 1 is 1.46 bits per heavy atom. The molecule has 2 aromatic heterocycles. The summed E-state index contributed by atoms with van der Waals surface area (Å²) in [5.41, 5.74) is 0.880. The highest BCUT2D eigenvalue weighted by molar-refractivity contribution is 6.01. The summed E-state index contributed by atoms with van der Waals surface area (Å²) in [7, 11) is 0.